The van der Waals surface area contributed by atoms with E-state index in [-0.39, 0.29) is 17.7 Å². The van der Waals surface area contributed by atoms with Gasteiger partial charge in [-0.15, -0.1) is 0 Å². The van der Waals surface area contributed by atoms with Crippen LogP contribution in [0.3, 0.4) is 0 Å². The van der Waals surface area contributed by atoms with Crippen LogP contribution >= 0.6 is 0 Å². The van der Waals surface area contributed by atoms with Crippen LogP contribution < -0.4 is 10.1 Å². The maximum Gasteiger partial charge on any atom is 0.387 e. The van der Waals surface area contributed by atoms with Crippen LogP contribution in [-0.2, 0) is 4.79 Å². The van der Waals surface area contributed by atoms with E-state index in [9.17, 15) is 18.4 Å². The summed E-state index contributed by atoms with van der Waals surface area (Å²) in [5.74, 6) is -1.68. The molecule has 1 aromatic carbocycles. The summed E-state index contributed by atoms with van der Waals surface area (Å²) in [4.78, 5) is 22.9. The van der Waals surface area contributed by atoms with Crippen LogP contribution in [0.4, 0.5) is 8.78 Å². The Morgan fingerprint density at radius 1 is 1.29 bits per heavy atom. The molecule has 0 aliphatic heterocycles. The third-order valence-corrected chi connectivity index (χ3v) is 2.94. The van der Waals surface area contributed by atoms with Gasteiger partial charge in [0.15, 0.2) is 0 Å². The minimum absolute atomic E-state index is 0.0202. The Balaban J connectivity index is 2.99. The smallest absolute Gasteiger partial charge is 0.387 e. The van der Waals surface area contributed by atoms with Crippen molar-refractivity contribution in [2.24, 2.45) is 0 Å². The third-order valence-electron chi connectivity index (χ3n) is 2.94. The van der Waals surface area contributed by atoms with Crippen molar-refractivity contribution in [2.45, 2.75) is 39.8 Å². The van der Waals surface area contributed by atoms with E-state index in [4.69, 9.17) is 5.11 Å². The van der Waals surface area contributed by atoms with E-state index in [1.165, 1.54) is 26.0 Å². The molecule has 0 aliphatic carbocycles. The summed E-state index contributed by atoms with van der Waals surface area (Å²) in [6.45, 7) is 1.76. The molecule has 5 nitrogen and oxygen atoms in total. The van der Waals surface area contributed by atoms with Gasteiger partial charge in [0.25, 0.3) is 5.91 Å². The number of hydrogen-bond acceptors (Lipinski definition) is 3. The lowest BCUT2D eigenvalue weighted by Gasteiger charge is -2.15. The Kier molecular flexibility index (Phi) is 5.63. The Morgan fingerprint density at radius 3 is 2.19 bits per heavy atom. The number of aryl methyl sites for hydroxylation is 2. The molecule has 1 unspecified atom stereocenters. The first kappa shape index (κ1) is 16.9. The van der Waals surface area contributed by atoms with Crippen LogP contribution in [0.25, 0.3) is 0 Å². The van der Waals surface area contributed by atoms with Gasteiger partial charge < -0.3 is 15.2 Å². The average Bonchev–Trinajstić information content (AvgIpc) is 2.38. The number of carboxylic acid groups (broad SMARTS) is 1. The van der Waals surface area contributed by atoms with E-state index in [0.29, 0.717) is 11.1 Å². The fourth-order valence-corrected chi connectivity index (χ4v) is 1.94. The normalized spacial score (nSPS) is 12.1. The standard InChI is InChI=1S/C14H17F2NO4/c1-4-10(13(19)20)17-12(18)9-5-7(2)11(8(3)6-9)21-14(15)16/h5-6,10,14H,4H2,1-3H3,(H,17,18)(H,19,20). The first-order valence-corrected chi connectivity index (χ1v) is 6.36. The molecule has 0 fully saturated rings. The highest BCUT2D eigenvalue weighted by Gasteiger charge is 2.20. The number of amides is 1. The molecule has 0 aliphatic rings. The first-order valence-electron chi connectivity index (χ1n) is 6.36. The number of ether oxygens (including phenoxy) is 1. The highest BCUT2D eigenvalue weighted by molar-refractivity contribution is 5.97. The molecule has 0 radical (unpaired) electrons. The van der Waals surface area contributed by atoms with Crippen molar-refractivity contribution in [3.63, 3.8) is 0 Å². The van der Waals surface area contributed by atoms with Crippen LogP contribution in [0.5, 0.6) is 5.75 Å². The molecule has 1 aromatic rings. The summed E-state index contributed by atoms with van der Waals surface area (Å²) in [6, 6.07) is 1.78. The van der Waals surface area contributed by atoms with Crippen molar-refractivity contribution in [3.8, 4) is 5.75 Å². The predicted molar refractivity (Wildman–Crippen MR) is 71.7 cm³/mol. The number of carboxylic acids is 1. The molecule has 116 valence electrons. The second kappa shape index (κ2) is 7.01. The van der Waals surface area contributed by atoms with E-state index >= 15 is 0 Å². The summed E-state index contributed by atoms with van der Waals surface area (Å²) >= 11 is 0. The van der Waals surface area contributed by atoms with Gasteiger partial charge in [-0.25, -0.2) is 4.79 Å². The molecule has 0 saturated heterocycles. The van der Waals surface area contributed by atoms with Crippen molar-refractivity contribution >= 4 is 11.9 Å². The van der Waals surface area contributed by atoms with Gasteiger partial charge >= 0.3 is 12.6 Å². The lowest BCUT2D eigenvalue weighted by molar-refractivity contribution is -0.139. The van der Waals surface area contributed by atoms with Crippen LogP contribution in [0.1, 0.15) is 34.8 Å². The maximum absolute atomic E-state index is 12.3. The van der Waals surface area contributed by atoms with Gasteiger partial charge in [-0.1, -0.05) is 6.92 Å². The van der Waals surface area contributed by atoms with E-state index in [1.54, 1.807) is 6.92 Å². The quantitative estimate of drug-likeness (QED) is 0.846. The second-order valence-corrected chi connectivity index (χ2v) is 4.59. The number of hydrogen-bond donors (Lipinski definition) is 2. The van der Waals surface area contributed by atoms with Gasteiger partial charge in [-0.05, 0) is 43.5 Å². The number of alkyl halides is 2. The molecule has 21 heavy (non-hydrogen) atoms. The number of carbonyl (C=O) groups excluding carboxylic acids is 1. The Morgan fingerprint density at radius 2 is 1.81 bits per heavy atom. The first-order chi connectivity index (χ1) is 9.76. The zero-order valence-electron chi connectivity index (χ0n) is 11.9. The highest BCUT2D eigenvalue weighted by Crippen LogP contribution is 2.26. The van der Waals surface area contributed by atoms with E-state index in [1.807, 2.05) is 0 Å². The Bertz CT molecular complexity index is 523. The molecule has 0 aromatic heterocycles. The number of aliphatic carboxylic acids is 1. The van der Waals surface area contributed by atoms with E-state index in [2.05, 4.69) is 10.1 Å². The van der Waals surface area contributed by atoms with Crippen LogP contribution in [-0.4, -0.2) is 29.6 Å². The monoisotopic (exact) mass is 301 g/mol. The van der Waals surface area contributed by atoms with Crippen LogP contribution in [0, 0.1) is 13.8 Å². The Hall–Kier alpha value is -2.18. The number of rotatable bonds is 6. The molecule has 2 N–H and O–H groups in total. The minimum Gasteiger partial charge on any atom is -0.480 e. The van der Waals surface area contributed by atoms with Gasteiger partial charge in [-0.2, -0.15) is 8.78 Å². The summed E-state index contributed by atoms with van der Waals surface area (Å²) in [6.07, 6.45) is 0.242. The van der Waals surface area contributed by atoms with E-state index < -0.39 is 24.5 Å². The van der Waals surface area contributed by atoms with Crippen LogP contribution in [0.15, 0.2) is 12.1 Å². The Labute approximate surface area is 120 Å². The zero-order valence-corrected chi connectivity index (χ0v) is 11.9. The second-order valence-electron chi connectivity index (χ2n) is 4.59. The molecule has 1 rings (SSSR count). The van der Waals surface area contributed by atoms with Gasteiger partial charge in [0.1, 0.15) is 11.8 Å². The fraction of sp³-hybridized carbons (Fsp3) is 0.429. The average molecular weight is 301 g/mol. The molecular formula is C14H17F2NO4. The molecule has 0 saturated carbocycles. The van der Waals surface area contributed by atoms with Crippen molar-refractivity contribution in [2.75, 3.05) is 0 Å². The SMILES string of the molecule is CCC(NC(=O)c1cc(C)c(OC(F)F)c(C)c1)C(=O)O. The van der Waals surface area contributed by atoms with Crippen molar-refractivity contribution < 1.29 is 28.2 Å². The number of nitrogens with one attached hydrogen (secondary N) is 1. The molecule has 1 amide bonds. The van der Waals surface area contributed by atoms with Gasteiger partial charge in [-0.3, -0.25) is 4.79 Å². The maximum atomic E-state index is 12.3. The summed E-state index contributed by atoms with van der Waals surface area (Å²) < 4.78 is 29.0. The molecule has 1 atom stereocenters. The molecule has 0 spiro atoms. The number of carbonyl (C=O) groups is 2. The lowest BCUT2D eigenvalue weighted by atomic mass is 10.0. The van der Waals surface area contributed by atoms with Crippen molar-refractivity contribution in [1.82, 2.24) is 5.32 Å². The molecule has 0 bridgehead atoms. The van der Waals surface area contributed by atoms with Crippen LogP contribution in [0.2, 0.25) is 0 Å². The zero-order chi connectivity index (χ0) is 16.2. The van der Waals surface area contributed by atoms with Gasteiger partial charge in [0, 0.05) is 5.56 Å². The number of benzene rings is 1. The lowest BCUT2D eigenvalue weighted by Crippen LogP contribution is -2.40. The molecule has 7 heteroatoms. The summed E-state index contributed by atoms with van der Waals surface area (Å²) in [5, 5.41) is 11.3. The highest BCUT2D eigenvalue weighted by atomic mass is 19.3. The topological polar surface area (TPSA) is 75.6 Å². The summed E-state index contributed by atoms with van der Waals surface area (Å²) in [7, 11) is 0. The largest absolute Gasteiger partial charge is 0.480 e. The number of halogens is 2. The van der Waals surface area contributed by atoms with Gasteiger partial charge in [0.2, 0.25) is 0 Å². The summed E-state index contributed by atoms with van der Waals surface area (Å²) in [5.41, 5.74) is 0.957. The third kappa shape index (κ3) is 4.40. The fourth-order valence-electron chi connectivity index (χ4n) is 1.94. The predicted octanol–water partition coefficient (Wildman–Crippen LogP) is 2.50. The van der Waals surface area contributed by atoms with E-state index in [0.717, 1.165) is 0 Å². The molecule has 0 heterocycles. The van der Waals surface area contributed by atoms with Gasteiger partial charge in [0.05, 0.1) is 0 Å². The van der Waals surface area contributed by atoms with Crippen molar-refractivity contribution in [3.05, 3.63) is 28.8 Å². The van der Waals surface area contributed by atoms with Crippen molar-refractivity contribution in [1.29, 1.82) is 0 Å². The minimum atomic E-state index is -2.95. The molecular weight excluding hydrogens is 284 g/mol.